The smallest absolute Gasteiger partial charge is 0.408 e. The van der Waals surface area contributed by atoms with Gasteiger partial charge in [-0.15, -0.1) is 0 Å². The van der Waals surface area contributed by atoms with Gasteiger partial charge in [-0.2, -0.15) is 0 Å². The second-order valence-corrected chi connectivity index (χ2v) is 9.73. The van der Waals surface area contributed by atoms with Gasteiger partial charge in [0, 0.05) is 22.0 Å². The van der Waals surface area contributed by atoms with Crippen molar-refractivity contribution in [2.45, 2.75) is 6.92 Å². The van der Waals surface area contributed by atoms with Crippen molar-refractivity contribution >= 4 is 43.5 Å². The highest BCUT2D eigenvalue weighted by atomic mass is 32.3. The number of aromatic nitrogens is 2. The van der Waals surface area contributed by atoms with Crippen LogP contribution >= 0.6 is 11.3 Å². The Morgan fingerprint density at radius 1 is 0.917 bits per heavy atom. The minimum atomic E-state index is -4.41. The molecule has 0 saturated heterocycles. The van der Waals surface area contributed by atoms with E-state index in [0.29, 0.717) is 0 Å². The molecule has 0 N–H and O–H groups in total. The summed E-state index contributed by atoms with van der Waals surface area (Å²) in [5.74, 6) is 0. The molecule has 0 aliphatic heterocycles. The van der Waals surface area contributed by atoms with E-state index in [1.54, 1.807) is 11.3 Å². The van der Waals surface area contributed by atoms with E-state index in [1.165, 1.54) is 5.69 Å². The Bertz CT molecular complexity index is 1610. The largest absolute Gasteiger partial charge is 0.726 e. The van der Waals surface area contributed by atoms with Crippen LogP contribution in [0.4, 0.5) is 10.8 Å². The molecule has 5 rings (SSSR count). The maximum absolute atomic E-state index is 9.22. The van der Waals surface area contributed by atoms with Gasteiger partial charge in [0.1, 0.15) is 11.4 Å². The predicted octanol–water partition coefficient (Wildman–Crippen LogP) is 6.00. The maximum atomic E-state index is 9.22. The summed E-state index contributed by atoms with van der Waals surface area (Å²) in [6.45, 7) is 2.08. The summed E-state index contributed by atoms with van der Waals surface area (Å²) < 4.78 is 35.4. The minimum Gasteiger partial charge on any atom is -0.726 e. The molecule has 0 aliphatic rings. The van der Waals surface area contributed by atoms with E-state index in [-0.39, 0.29) is 0 Å². The number of hydrogen-bond donors (Lipinski definition) is 0. The van der Waals surface area contributed by atoms with E-state index in [1.807, 2.05) is 19.2 Å². The molecule has 0 radical (unpaired) electrons. The Balaban J connectivity index is 0.000000455. The van der Waals surface area contributed by atoms with Crippen molar-refractivity contribution < 1.29 is 21.7 Å². The molecule has 184 valence electrons. The molecule has 8 nitrogen and oxygen atoms in total. The third kappa shape index (κ3) is 5.58. The van der Waals surface area contributed by atoms with E-state index in [4.69, 9.17) is 5.11 Å². The predicted molar refractivity (Wildman–Crippen MR) is 140 cm³/mol. The number of hydrogen-bond acceptors (Lipinski definition) is 7. The lowest BCUT2D eigenvalue weighted by Crippen LogP contribution is -2.28. The molecule has 0 fully saturated rings. The van der Waals surface area contributed by atoms with Gasteiger partial charge in [-0.3, -0.25) is 4.18 Å². The summed E-state index contributed by atoms with van der Waals surface area (Å²) in [5, 5.41) is 13.5. The van der Waals surface area contributed by atoms with Crippen LogP contribution in [0.15, 0.2) is 101 Å². The first-order chi connectivity index (χ1) is 17.3. The lowest BCUT2D eigenvalue weighted by molar-refractivity contribution is -0.660. The third-order valence-electron chi connectivity index (χ3n) is 5.50. The lowest BCUT2D eigenvalue weighted by Gasteiger charge is -2.11. The van der Waals surface area contributed by atoms with Crippen LogP contribution < -0.4 is 4.57 Å². The molecule has 0 amide bonds. The number of azo groups is 1. The average molecular weight is 521 g/mol. The van der Waals surface area contributed by atoms with E-state index < -0.39 is 10.4 Å². The first-order valence-electron chi connectivity index (χ1n) is 10.9. The summed E-state index contributed by atoms with van der Waals surface area (Å²) in [6, 6.07) is 29.2. The fourth-order valence-corrected chi connectivity index (χ4v) is 4.49. The van der Waals surface area contributed by atoms with E-state index >= 15 is 0 Å². The molecule has 10 heteroatoms. The van der Waals surface area contributed by atoms with Gasteiger partial charge < -0.3 is 9.12 Å². The van der Waals surface area contributed by atoms with Crippen molar-refractivity contribution in [1.82, 2.24) is 4.57 Å². The van der Waals surface area contributed by atoms with Crippen molar-refractivity contribution in [3.8, 4) is 16.9 Å². The molecule has 3 aromatic carbocycles. The number of para-hydroxylation sites is 2. The van der Waals surface area contributed by atoms with Crippen LogP contribution in [0.25, 0.3) is 27.8 Å². The zero-order chi connectivity index (χ0) is 25.7. The van der Waals surface area contributed by atoms with Crippen molar-refractivity contribution in [2.75, 3.05) is 7.11 Å². The second-order valence-electron chi connectivity index (χ2n) is 7.74. The first-order valence-corrected chi connectivity index (χ1v) is 13.1. The summed E-state index contributed by atoms with van der Waals surface area (Å²) in [7, 11) is -1.58. The molecule has 0 aliphatic carbocycles. The number of nitrogens with zero attached hydrogens (tertiary/aromatic N) is 4. The van der Waals surface area contributed by atoms with E-state index in [9.17, 15) is 13.0 Å². The van der Waals surface area contributed by atoms with Crippen LogP contribution in [0.2, 0.25) is 0 Å². The highest BCUT2D eigenvalue weighted by Crippen LogP contribution is 2.42. The van der Waals surface area contributed by atoms with Crippen molar-refractivity contribution in [2.24, 2.45) is 17.3 Å². The maximum Gasteiger partial charge on any atom is 0.408 e. The van der Waals surface area contributed by atoms with Crippen LogP contribution in [-0.4, -0.2) is 24.6 Å². The van der Waals surface area contributed by atoms with Gasteiger partial charge in [-0.25, -0.2) is 13.0 Å². The molecule has 0 spiro atoms. The SMILES string of the molecule is COS(=O)(=O)[O-].Cc1csc(N=Nc2c(-c3ccccc3)n(-c3ccccc3)c3ccccc23)[n+]1C. The molecule has 0 saturated carbocycles. The Hall–Kier alpha value is -3.70. The molecule has 0 bridgehead atoms. The summed E-state index contributed by atoms with van der Waals surface area (Å²) >= 11 is 1.60. The number of fused-ring (bicyclic) bond motifs is 1. The summed E-state index contributed by atoms with van der Waals surface area (Å²) in [4.78, 5) is 0. The number of rotatable bonds is 5. The van der Waals surface area contributed by atoms with Crippen LogP contribution in [0, 0.1) is 6.92 Å². The third-order valence-corrected chi connectivity index (χ3v) is 6.93. The highest BCUT2D eigenvalue weighted by Gasteiger charge is 2.22. The lowest BCUT2D eigenvalue weighted by atomic mass is 10.1. The van der Waals surface area contributed by atoms with Crippen LogP contribution in [0.1, 0.15) is 5.69 Å². The molecule has 0 atom stereocenters. The Kier molecular flexibility index (Phi) is 7.70. The first kappa shape index (κ1) is 25.4. The van der Waals surface area contributed by atoms with Gasteiger partial charge >= 0.3 is 5.13 Å². The van der Waals surface area contributed by atoms with Crippen molar-refractivity contribution in [3.05, 3.63) is 96.0 Å². The number of benzene rings is 3. The Morgan fingerprint density at radius 2 is 1.50 bits per heavy atom. The zero-order valence-electron chi connectivity index (χ0n) is 19.9. The average Bonchev–Trinajstić information content (AvgIpc) is 3.40. The van der Waals surface area contributed by atoms with Crippen molar-refractivity contribution in [1.29, 1.82) is 0 Å². The highest BCUT2D eigenvalue weighted by molar-refractivity contribution is 7.80. The van der Waals surface area contributed by atoms with E-state index in [0.717, 1.165) is 45.8 Å². The van der Waals surface area contributed by atoms with Crippen molar-refractivity contribution in [3.63, 3.8) is 0 Å². The standard InChI is InChI=1S/C25H21N4S.CH4O4S/c1-18-17-30-25(28(18)2)27-26-23-21-15-9-10-16-22(21)29(20-13-7-4-8-14-20)24(23)19-11-5-3-6-12-19;1-5-6(2,3)4/h3-17H,1-2H3;1H3,(H,2,3,4)/q+1;/p-1. The van der Waals surface area contributed by atoms with Crippen LogP contribution in [0.3, 0.4) is 0 Å². The molecule has 36 heavy (non-hydrogen) atoms. The van der Waals surface area contributed by atoms with Gasteiger partial charge in [-0.05, 0) is 41.6 Å². The normalized spacial score (nSPS) is 11.6. The molecule has 2 aromatic heterocycles. The number of aryl methyl sites for hydroxylation is 1. The quantitative estimate of drug-likeness (QED) is 0.123. The fraction of sp³-hybridized carbons (Fsp3) is 0.115. The van der Waals surface area contributed by atoms with Gasteiger partial charge in [0.05, 0.1) is 30.5 Å². The van der Waals surface area contributed by atoms with Gasteiger partial charge in [0.25, 0.3) is 0 Å². The second kappa shape index (κ2) is 10.9. The zero-order valence-corrected chi connectivity index (χ0v) is 21.5. The van der Waals surface area contributed by atoms with Gasteiger partial charge in [0.15, 0.2) is 0 Å². The summed E-state index contributed by atoms with van der Waals surface area (Å²) in [5.41, 5.74) is 6.42. The molecule has 0 unspecified atom stereocenters. The number of thiazole rings is 1. The minimum absolute atomic E-state index is 0.808. The van der Waals surface area contributed by atoms with Gasteiger partial charge in [0.2, 0.25) is 10.4 Å². The summed E-state index contributed by atoms with van der Waals surface area (Å²) in [6.07, 6.45) is 0. The Morgan fingerprint density at radius 3 is 2.08 bits per heavy atom. The Labute approximate surface area is 213 Å². The van der Waals surface area contributed by atoms with Crippen LogP contribution in [0.5, 0.6) is 0 Å². The topological polar surface area (TPSA) is 100.0 Å². The monoisotopic (exact) mass is 520 g/mol. The van der Waals surface area contributed by atoms with E-state index in [2.05, 4.69) is 104 Å². The fourth-order valence-electron chi connectivity index (χ4n) is 3.66. The van der Waals surface area contributed by atoms with Crippen LogP contribution in [-0.2, 0) is 21.6 Å². The molecule has 5 aromatic rings. The molecular weight excluding hydrogens is 496 g/mol. The van der Waals surface area contributed by atoms with Gasteiger partial charge in [-0.1, -0.05) is 66.7 Å². The molecule has 2 heterocycles. The molecular formula is C26H24N4O4S2.